The van der Waals surface area contributed by atoms with Gasteiger partial charge in [0.05, 0.1) is 0 Å². The predicted octanol–water partition coefficient (Wildman–Crippen LogP) is 4.04. The fourth-order valence-electron chi connectivity index (χ4n) is 2.19. The molecule has 1 atom stereocenters. The van der Waals surface area contributed by atoms with E-state index in [4.69, 9.17) is 4.74 Å². The van der Waals surface area contributed by atoms with Gasteiger partial charge in [0.15, 0.2) is 0 Å². The molecule has 0 saturated carbocycles. The van der Waals surface area contributed by atoms with Gasteiger partial charge in [0.1, 0.15) is 5.60 Å². The number of thioether (sulfide) groups is 1. The Morgan fingerprint density at radius 2 is 2.05 bits per heavy atom. The lowest BCUT2D eigenvalue weighted by Crippen LogP contribution is -2.35. The summed E-state index contributed by atoms with van der Waals surface area (Å²) in [4.78, 5) is 15.1. The van der Waals surface area contributed by atoms with Gasteiger partial charge in [-0.2, -0.15) is 0 Å². The highest BCUT2D eigenvalue weighted by Gasteiger charge is 2.29. The molecule has 1 aliphatic heterocycles. The molecule has 110 valence electrons. The minimum Gasteiger partial charge on any atom is -0.444 e. The van der Waals surface area contributed by atoms with Crippen LogP contribution in [0.4, 0.5) is 4.79 Å². The molecule has 0 aliphatic carbocycles. The van der Waals surface area contributed by atoms with Crippen molar-refractivity contribution in [3.05, 3.63) is 30.3 Å². The Bertz CT molecular complexity index is 442. The number of benzene rings is 1. The van der Waals surface area contributed by atoms with Crippen molar-refractivity contribution in [2.45, 2.75) is 37.7 Å². The molecule has 1 saturated heterocycles. The molecule has 1 aliphatic rings. The first-order valence-corrected chi connectivity index (χ1v) is 8.08. The van der Waals surface area contributed by atoms with E-state index in [1.54, 1.807) is 0 Å². The van der Waals surface area contributed by atoms with Gasteiger partial charge < -0.3 is 9.64 Å². The molecule has 1 aromatic rings. The minimum atomic E-state index is -0.409. The van der Waals surface area contributed by atoms with Crippen LogP contribution in [0.1, 0.15) is 27.2 Å². The number of carbonyl (C=O) groups excluding carboxylic acids is 1. The molecule has 2 rings (SSSR count). The zero-order chi connectivity index (χ0) is 14.6. The van der Waals surface area contributed by atoms with Gasteiger partial charge >= 0.3 is 6.09 Å². The van der Waals surface area contributed by atoms with Gasteiger partial charge in [0.2, 0.25) is 0 Å². The summed E-state index contributed by atoms with van der Waals surface area (Å²) in [7, 11) is 0. The molecule has 1 unspecified atom stereocenters. The first-order valence-electron chi connectivity index (χ1n) is 7.10. The van der Waals surface area contributed by atoms with Gasteiger partial charge in [0, 0.05) is 23.7 Å². The molecular formula is C16H23NO2S. The number of hydrogen-bond donors (Lipinski definition) is 0. The molecule has 1 aromatic carbocycles. The Morgan fingerprint density at radius 3 is 2.70 bits per heavy atom. The molecule has 0 spiro atoms. The maximum atomic E-state index is 12.0. The molecule has 4 heteroatoms. The van der Waals surface area contributed by atoms with Crippen LogP contribution in [0, 0.1) is 5.92 Å². The van der Waals surface area contributed by atoms with Crippen LogP contribution in [0.5, 0.6) is 0 Å². The lowest BCUT2D eigenvalue weighted by molar-refractivity contribution is 0.0289. The van der Waals surface area contributed by atoms with Crippen LogP contribution in [-0.4, -0.2) is 35.4 Å². The molecule has 0 N–H and O–H groups in total. The topological polar surface area (TPSA) is 29.5 Å². The Labute approximate surface area is 125 Å². The van der Waals surface area contributed by atoms with E-state index in [-0.39, 0.29) is 6.09 Å². The van der Waals surface area contributed by atoms with E-state index in [1.807, 2.05) is 43.5 Å². The molecule has 1 fully saturated rings. The zero-order valence-electron chi connectivity index (χ0n) is 12.5. The van der Waals surface area contributed by atoms with E-state index in [1.165, 1.54) is 4.90 Å². The number of rotatable bonds is 3. The molecule has 0 radical (unpaired) electrons. The number of nitrogens with zero attached hydrogens (tertiary/aromatic N) is 1. The van der Waals surface area contributed by atoms with Crippen LogP contribution < -0.4 is 0 Å². The summed E-state index contributed by atoms with van der Waals surface area (Å²) in [6.45, 7) is 7.35. The molecule has 3 nitrogen and oxygen atoms in total. The van der Waals surface area contributed by atoms with Crippen LogP contribution in [-0.2, 0) is 4.74 Å². The van der Waals surface area contributed by atoms with Crippen molar-refractivity contribution in [1.29, 1.82) is 0 Å². The monoisotopic (exact) mass is 293 g/mol. The molecule has 0 aromatic heterocycles. The average Bonchev–Trinajstić information content (AvgIpc) is 2.84. The zero-order valence-corrected chi connectivity index (χ0v) is 13.3. The quantitative estimate of drug-likeness (QED) is 0.788. The normalized spacial score (nSPS) is 19.1. The number of likely N-dealkylation sites (tertiary alicyclic amines) is 1. The first kappa shape index (κ1) is 15.2. The Balaban J connectivity index is 1.76. The van der Waals surface area contributed by atoms with E-state index >= 15 is 0 Å². The highest BCUT2D eigenvalue weighted by atomic mass is 32.2. The highest BCUT2D eigenvalue weighted by Crippen LogP contribution is 2.26. The summed E-state index contributed by atoms with van der Waals surface area (Å²) in [5.74, 6) is 1.62. The van der Waals surface area contributed by atoms with Crippen LogP contribution in [0.3, 0.4) is 0 Å². The SMILES string of the molecule is CC(C)(C)OC(=O)N1CCC(CSc2ccccc2)C1. The Kier molecular flexibility index (Phi) is 4.97. The van der Waals surface area contributed by atoms with Gasteiger partial charge in [-0.25, -0.2) is 4.79 Å². The van der Waals surface area contributed by atoms with E-state index < -0.39 is 5.60 Å². The summed E-state index contributed by atoms with van der Waals surface area (Å²) in [5, 5.41) is 0. The highest BCUT2D eigenvalue weighted by molar-refractivity contribution is 7.99. The summed E-state index contributed by atoms with van der Waals surface area (Å²) in [6, 6.07) is 10.4. The lowest BCUT2D eigenvalue weighted by Gasteiger charge is -2.24. The van der Waals surface area contributed by atoms with Crippen LogP contribution in [0.15, 0.2) is 35.2 Å². The third-order valence-electron chi connectivity index (χ3n) is 3.17. The second kappa shape index (κ2) is 6.53. The molecule has 1 amide bonds. The van der Waals surface area contributed by atoms with Crippen molar-refractivity contribution in [3.63, 3.8) is 0 Å². The number of amides is 1. The number of carbonyl (C=O) groups is 1. The van der Waals surface area contributed by atoms with Crippen molar-refractivity contribution < 1.29 is 9.53 Å². The predicted molar refractivity (Wildman–Crippen MR) is 83.1 cm³/mol. The summed E-state index contributed by atoms with van der Waals surface area (Å²) >= 11 is 1.87. The van der Waals surface area contributed by atoms with E-state index in [9.17, 15) is 4.79 Å². The van der Waals surface area contributed by atoms with E-state index in [0.29, 0.717) is 5.92 Å². The van der Waals surface area contributed by atoms with Gasteiger partial charge in [-0.3, -0.25) is 0 Å². The van der Waals surface area contributed by atoms with Crippen LogP contribution in [0.25, 0.3) is 0 Å². The van der Waals surface area contributed by atoms with Crippen molar-refractivity contribution in [2.24, 2.45) is 5.92 Å². The van der Waals surface area contributed by atoms with Crippen molar-refractivity contribution in [3.8, 4) is 0 Å². The molecule has 1 heterocycles. The number of hydrogen-bond acceptors (Lipinski definition) is 3. The maximum Gasteiger partial charge on any atom is 0.410 e. The third-order valence-corrected chi connectivity index (χ3v) is 4.41. The third kappa shape index (κ3) is 4.75. The summed E-state index contributed by atoms with van der Waals surface area (Å²) < 4.78 is 5.41. The van der Waals surface area contributed by atoms with Crippen molar-refractivity contribution in [1.82, 2.24) is 4.90 Å². The second-order valence-corrected chi connectivity index (χ2v) is 7.30. The number of ether oxygens (including phenoxy) is 1. The van der Waals surface area contributed by atoms with Crippen molar-refractivity contribution >= 4 is 17.9 Å². The van der Waals surface area contributed by atoms with Gasteiger partial charge in [-0.15, -0.1) is 11.8 Å². The fraction of sp³-hybridized carbons (Fsp3) is 0.562. The second-order valence-electron chi connectivity index (χ2n) is 6.21. The van der Waals surface area contributed by atoms with Gasteiger partial charge in [-0.05, 0) is 45.2 Å². The fourth-order valence-corrected chi connectivity index (χ4v) is 3.24. The molecule has 20 heavy (non-hydrogen) atoms. The smallest absolute Gasteiger partial charge is 0.410 e. The Morgan fingerprint density at radius 1 is 1.35 bits per heavy atom. The van der Waals surface area contributed by atoms with Gasteiger partial charge in [0.25, 0.3) is 0 Å². The largest absolute Gasteiger partial charge is 0.444 e. The van der Waals surface area contributed by atoms with Gasteiger partial charge in [-0.1, -0.05) is 18.2 Å². The standard InChI is InChI=1S/C16H23NO2S/c1-16(2,3)19-15(18)17-10-9-13(11-17)12-20-14-7-5-4-6-8-14/h4-8,13H,9-12H2,1-3H3. The summed E-state index contributed by atoms with van der Waals surface area (Å²) in [5.41, 5.74) is -0.409. The van der Waals surface area contributed by atoms with Crippen LogP contribution >= 0.6 is 11.8 Å². The minimum absolute atomic E-state index is 0.176. The van der Waals surface area contributed by atoms with E-state index in [2.05, 4.69) is 24.3 Å². The Hall–Kier alpha value is -1.16. The van der Waals surface area contributed by atoms with E-state index in [0.717, 1.165) is 25.3 Å². The molecular weight excluding hydrogens is 270 g/mol. The molecule has 0 bridgehead atoms. The maximum absolute atomic E-state index is 12.0. The van der Waals surface area contributed by atoms with Crippen LogP contribution in [0.2, 0.25) is 0 Å². The average molecular weight is 293 g/mol. The summed E-state index contributed by atoms with van der Waals surface area (Å²) in [6.07, 6.45) is 0.892. The van der Waals surface area contributed by atoms with Crippen molar-refractivity contribution in [2.75, 3.05) is 18.8 Å². The first-order chi connectivity index (χ1) is 9.44. The lowest BCUT2D eigenvalue weighted by atomic mass is 10.2.